The molecule has 2 heterocycles. The Bertz CT molecular complexity index is 918. The monoisotopic (exact) mass is 468 g/mol. The van der Waals surface area contributed by atoms with E-state index in [-0.39, 0.29) is 12.1 Å². The third kappa shape index (κ3) is 7.19. The number of morpholine rings is 2. The molecule has 2 saturated heterocycles. The lowest BCUT2D eigenvalue weighted by molar-refractivity contribution is -0.155. The summed E-state index contributed by atoms with van der Waals surface area (Å²) in [6.07, 6.45) is 0.371. The molecule has 7 heteroatoms. The molecule has 2 aromatic rings. The van der Waals surface area contributed by atoms with Gasteiger partial charge in [0.2, 0.25) is 0 Å². The van der Waals surface area contributed by atoms with Gasteiger partial charge in [-0.3, -0.25) is 9.69 Å². The molecule has 4 rings (SSSR count). The first kappa shape index (κ1) is 24.5. The van der Waals surface area contributed by atoms with E-state index in [1.54, 1.807) is 0 Å². The molecule has 7 nitrogen and oxygen atoms in total. The van der Waals surface area contributed by atoms with Gasteiger partial charge in [-0.15, -0.1) is 0 Å². The minimum atomic E-state index is -0.445. The fourth-order valence-corrected chi connectivity index (χ4v) is 4.18. The Hall–Kier alpha value is -2.61. The van der Waals surface area contributed by atoms with Crippen LogP contribution in [0.1, 0.15) is 38.9 Å². The van der Waals surface area contributed by atoms with Crippen LogP contribution in [0.25, 0.3) is 0 Å². The van der Waals surface area contributed by atoms with Gasteiger partial charge in [0, 0.05) is 38.4 Å². The topological polar surface area (TPSA) is 60.5 Å². The van der Waals surface area contributed by atoms with Gasteiger partial charge in [0.05, 0.1) is 32.3 Å². The zero-order chi connectivity index (χ0) is 24.0. The van der Waals surface area contributed by atoms with Crippen LogP contribution in [0.15, 0.2) is 48.5 Å². The molecule has 0 N–H and O–H groups in total. The predicted octanol–water partition coefficient (Wildman–Crippen LogP) is 4.42. The molecule has 2 aromatic carbocycles. The molecule has 0 spiro atoms. The Balaban J connectivity index is 1.27. The smallest absolute Gasteiger partial charge is 0.307 e. The lowest BCUT2D eigenvalue weighted by Crippen LogP contribution is -2.39. The summed E-state index contributed by atoms with van der Waals surface area (Å²) in [7, 11) is 0. The molecule has 0 aliphatic carbocycles. The van der Waals surface area contributed by atoms with E-state index in [2.05, 4.69) is 34.1 Å². The van der Waals surface area contributed by atoms with Crippen LogP contribution in [0.2, 0.25) is 0 Å². The number of hydrogen-bond acceptors (Lipinski definition) is 7. The van der Waals surface area contributed by atoms with Crippen molar-refractivity contribution in [3.8, 4) is 11.5 Å². The maximum Gasteiger partial charge on any atom is 0.307 e. The van der Waals surface area contributed by atoms with E-state index < -0.39 is 5.60 Å². The summed E-state index contributed by atoms with van der Waals surface area (Å²) in [5.41, 5.74) is 1.85. The van der Waals surface area contributed by atoms with Gasteiger partial charge in [-0.1, -0.05) is 12.1 Å². The van der Waals surface area contributed by atoms with E-state index in [4.69, 9.17) is 18.9 Å². The van der Waals surface area contributed by atoms with Gasteiger partial charge >= 0.3 is 5.97 Å². The average Bonchev–Trinajstić information content (AvgIpc) is 2.83. The first-order chi connectivity index (χ1) is 16.4. The van der Waals surface area contributed by atoms with Crippen LogP contribution in [0, 0.1) is 0 Å². The molecule has 2 aliphatic rings. The van der Waals surface area contributed by atoms with E-state index in [0.717, 1.165) is 56.5 Å². The Kier molecular flexibility index (Phi) is 8.08. The molecule has 0 saturated carbocycles. The molecule has 2 fully saturated rings. The van der Waals surface area contributed by atoms with Crippen LogP contribution in [0.3, 0.4) is 0 Å². The van der Waals surface area contributed by atoms with Gasteiger partial charge in [-0.25, -0.2) is 0 Å². The highest BCUT2D eigenvalue weighted by Crippen LogP contribution is 2.28. The van der Waals surface area contributed by atoms with Crippen molar-refractivity contribution in [3.63, 3.8) is 0 Å². The minimum Gasteiger partial charge on any atom is -0.460 e. The summed E-state index contributed by atoms with van der Waals surface area (Å²) in [5, 5.41) is 0. The Morgan fingerprint density at radius 2 is 1.59 bits per heavy atom. The van der Waals surface area contributed by atoms with E-state index in [9.17, 15) is 4.79 Å². The highest BCUT2D eigenvalue weighted by molar-refractivity contribution is 5.70. The number of carbonyl (C=O) groups is 1. The number of anilines is 1. The number of nitrogens with zero attached hydrogens (tertiary/aromatic N) is 2. The van der Waals surface area contributed by atoms with E-state index in [0.29, 0.717) is 19.6 Å². The molecule has 0 amide bonds. The molecule has 1 atom stereocenters. The second-order valence-electron chi connectivity index (χ2n) is 9.76. The van der Waals surface area contributed by atoms with Crippen LogP contribution in [0.4, 0.5) is 5.69 Å². The Morgan fingerprint density at radius 3 is 2.24 bits per heavy atom. The maximum atomic E-state index is 12.0. The third-order valence-corrected chi connectivity index (χ3v) is 5.90. The van der Waals surface area contributed by atoms with Gasteiger partial charge in [0.1, 0.15) is 17.1 Å². The summed E-state index contributed by atoms with van der Waals surface area (Å²) in [6, 6.07) is 16.3. The summed E-state index contributed by atoms with van der Waals surface area (Å²) in [6.45, 7) is 12.0. The SMILES string of the molecule is CC(C)(C)OC(=O)CCN1CCOC(c2ccc(Oc3ccc(N4CCOCC4)cc3)cc2)C1. The van der Waals surface area contributed by atoms with E-state index >= 15 is 0 Å². The molecule has 1 unspecified atom stereocenters. The number of benzene rings is 2. The molecule has 0 aromatic heterocycles. The largest absolute Gasteiger partial charge is 0.460 e. The first-order valence-electron chi connectivity index (χ1n) is 12.1. The Morgan fingerprint density at radius 1 is 0.941 bits per heavy atom. The van der Waals surface area contributed by atoms with Crippen molar-refractivity contribution < 1.29 is 23.7 Å². The second kappa shape index (κ2) is 11.2. The van der Waals surface area contributed by atoms with Crippen LogP contribution in [-0.2, 0) is 19.0 Å². The van der Waals surface area contributed by atoms with Crippen molar-refractivity contribution in [2.75, 3.05) is 57.4 Å². The quantitative estimate of drug-likeness (QED) is 0.558. The molecular formula is C27H36N2O5. The summed E-state index contributed by atoms with van der Waals surface area (Å²) >= 11 is 0. The van der Waals surface area contributed by atoms with Crippen LogP contribution < -0.4 is 9.64 Å². The zero-order valence-corrected chi connectivity index (χ0v) is 20.5. The molecule has 184 valence electrons. The highest BCUT2D eigenvalue weighted by atomic mass is 16.6. The lowest BCUT2D eigenvalue weighted by Gasteiger charge is -2.33. The van der Waals surface area contributed by atoms with E-state index in [1.165, 1.54) is 5.69 Å². The van der Waals surface area contributed by atoms with E-state index in [1.807, 2.05) is 45.0 Å². The fourth-order valence-electron chi connectivity index (χ4n) is 4.18. The van der Waals surface area contributed by atoms with Crippen molar-refractivity contribution in [2.45, 2.75) is 38.9 Å². The lowest BCUT2D eigenvalue weighted by atomic mass is 10.1. The highest BCUT2D eigenvalue weighted by Gasteiger charge is 2.23. The number of rotatable bonds is 7. The van der Waals surface area contributed by atoms with Gasteiger partial charge in [0.15, 0.2) is 0 Å². The van der Waals surface area contributed by atoms with Crippen molar-refractivity contribution in [1.82, 2.24) is 4.90 Å². The molecule has 0 radical (unpaired) electrons. The number of carbonyl (C=O) groups excluding carboxylic acids is 1. The van der Waals surface area contributed by atoms with Gasteiger partial charge in [-0.05, 0) is 62.7 Å². The standard InChI is InChI=1S/C27H36N2O5/c1-27(2,3)34-26(30)12-13-28-14-19-32-25(20-28)21-4-8-23(9-5-21)33-24-10-6-22(7-11-24)29-15-17-31-18-16-29/h4-11,25H,12-20H2,1-3H3. The molecular weight excluding hydrogens is 432 g/mol. The summed E-state index contributed by atoms with van der Waals surface area (Å²) in [4.78, 5) is 16.6. The van der Waals surface area contributed by atoms with Crippen LogP contribution >= 0.6 is 0 Å². The van der Waals surface area contributed by atoms with Crippen molar-refractivity contribution in [2.24, 2.45) is 0 Å². The van der Waals surface area contributed by atoms with Crippen LogP contribution in [-0.4, -0.2) is 69.0 Å². The van der Waals surface area contributed by atoms with Crippen molar-refractivity contribution in [3.05, 3.63) is 54.1 Å². The molecule has 0 bridgehead atoms. The first-order valence-corrected chi connectivity index (χ1v) is 12.1. The third-order valence-electron chi connectivity index (χ3n) is 5.90. The van der Waals surface area contributed by atoms with Crippen LogP contribution in [0.5, 0.6) is 11.5 Å². The molecule has 34 heavy (non-hydrogen) atoms. The number of esters is 1. The number of ether oxygens (including phenoxy) is 4. The van der Waals surface area contributed by atoms with Gasteiger partial charge < -0.3 is 23.8 Å². The van der Waals surface area contributed by atoms with Crippen molar-refractivity contribution >= 4 is 11.7 Å². The average molecular weight is 469 g/mol. The van der Waals surface area contributed by atoms with Gasteiger partial charge in [0.25, 0.3) is 0 Å². The van der Waals surface area contributed by atoms with Crippen molar-refractivity contribution in [1.29, 1.82) is 0 Å². The number of hydrogen-bond donors (Lipinski definition) is 0. The van der Waals surface area contributed by atoms with Gasteiger partial charge in [-0.2, -0.15) is 0 Å². The normalized spacial score (nSPS) is 19.6. The maximum absolute atomic E-state index is 12.0. The minimum absolute atomic E-state index is 0.0192. The Labute approximate surface area is 202 Å². The summed E-state index contributed by atoms with van der Waals surface area (Å²) in [5.74, 6) is 1.45. The predicted molar refractivity (Wildman–Crippen MR) is 132 cm³/mol. The second-order valence-corrected chi connectivity index (χ2v) is 9.76. The fraction of sp³-hybridized carbons (Fsp3) is 0.519. The summed E-state index contributed by atoms with van der Waals surface area (Å²) < 4.78 is 22.9. The molecule has 2 aliphatic heterocycles. The zero-order valence-electron chi connectivity index (χ0n) is 20.5.